The van der Waals surface area contributed by atoms with E-state index in [-0.39, 0.29) is 0 Å². The van der Waals surface area contributed by atoms with Crippen molar-refractivity contribution in [2.75, 3.05) is 13.2 Å². The molecule has 0 radical (unpaired) electrons. The fourth-order valence-electron chi connectivity index (χ4n) is 4.04. The molecule has 24 heavy (non-hydrogen) atoms. The summed E-state index contributed by atoms with van der Waals surface area (Å²) in [6, 6.07) is 0. The third-order valence-electron chi connectivity index (χ3n) is 5.25. The summed E-state index contributed by atoms with van der Waals surface area (Å²) in [4.78, 5) is 0. The molecule has 2 atom stereocenters. The van der Waals surface area contributed by atoms with E-state index in [2.05, 4.69) is 41.2 Å². The number of nitrogens with one attached hydrogen (secondary N) is 2. The first-order valence-electron chi connectivity index (χ1n) is 8.97. The van der Waals surface area contributed by atoms with E-state index < -0.39 is 0 Å². The SMILES string of the molecule is CC(C)c1n[nH]c2c1CC(CC(C)c1n[nH]c3c1CCOC3)CO2. The number of ether oxygens (including phenoxy) is 2. The minimum absolute atomic E-state index is 0.420. The van der Waals surface area contributed by atoms with Crippen molar-refractivity contribution < 1.29 is 9.47 Å². The van der Waals surface area contributed by atoms with Crippen molar-refractivity contribution in [3.05, 3.63) is 28.2 Å². The lowest BCUT2D eigenvalue weighted by molar-refractivity contribution is 0.108. The molecule has 2 aliphatic heterocycles. The van der Waals surface area contributed by atoms with Crippen LogP contribution >= 0.6 is 0 Å². The lowest BCUT2D eigenvalue weighted by Crippen LogP contribution is -2.23. The lowest BCUT2D eigenvalue weighted by Gasteiger charge is -2.26. The second-order valence-electron chi connectivity index (χ2n) is 7.46. The third kappa shape index (κ3) is 2.73. The summed E-state index contributed by atoms with van der Waals surface area (Å²) in [5.74, 6) is 2.22. The average Bonchev–Trinajstić information content (AvgIpc) is 3.18. The van der Waals surface area contributed by atoms with E-state index in [4.69, 9.17) is 9.47 Å². The molecule has 0 saturated heterocycles. The van der Waals surface area contributed by atoms with E-state index in [0.29, 0.717) is 24.4 Å². The van der Waals surface area contributed by atoms with Gasteiger partial charge in [-0.15, -0.1) is 0 Å². The van der Waals surface area contributed by atoms with Gasteiger partial charge in [-0.05, 0) is 31.1 Å². The summed E-state index contributed by atoms with van der Waals surface area (Å²) in [6.07, 6.45) is 3.09. The molecule has 6 heteroatoms. The van der Waals surface area contributed by atoms with Crippen molar-refractivity contribution in [3.8, 4) is 5.88 Å². The van der Waals surface area contributed by atoms with Crippen LogP contribution in [0.15, 0.2) is 0 Å². The first-order valence-corrected chi connectivity index (χ1v) is 8.97. The molecule has 0 amide bonds. The van der Waals surface area contributed by atoms with Crippen molar-refractivity contribution in [3.63, 3.8) is 0 Å². The number of H-pyrrole nitrogens is 2. The van der Waals surface area contributed by atoms with Gasteiger partial charge in [0, 0.05) is 17.0 Å². The molecule has 130 valence electrons. The molecule has 0 aromatic carbocycles. The minimum atomic E-state index is 0.420. The van der Waals surface area contributed by atoms with E-state index >= 15 is 0 Å². The predicted molar refractivity (Wildman–Crippen MR) is 90.3 cm³/mol. The molecule has 0 bridgehead atoms. The van der Waals surface area contributed by atoms with Gasteiger partial charge < -0.3 is 9.47 Å². The summed E-state index contributed by atoms with van der Waals surface area (Å²) in [7, 11) is 0. The van der Waals surface area contributed by atoms with E-state index in [1.54, 1.807) is 0 Å². The maximum absolute atomic E-state index is 5.93. The monoisotopic (exact) mass is 330 g/mol. The predicted octanol–water partition coefficient (Wildman–Crippen LogP) is 3.07. The number of fused-ring (bicyclic) bond motifs is 2. The van der Waals surface area contributed by atoms with Crippen LogP contribution in [0.25, 0.3) is 0 Å². The second kappa shape index (κ2) is 6.24. The first-order chi connectivity index (χ1) is 11.6. The number of nitrogens with zero attached hydrogens (tertiary/aromatic N) is 2. The van der Waals surface area contributed by atoms with Gasteiger partial charge in [0.25, 0.3) is 0 Å². The number of hydrogen-bond donors (Lipinski definition) is 2. The maximum atomic E-state index is 5.93. The fourth-order valence-corrected chi connectivity index (χ4v) is 4.04. The third-order valence-corrected chi connectivity index (χ3v) is 5.25. The molecule has 4 heterocycles. The summed E-state index contributed by atoms with van der Waals surface area (Å²) in [5, 5.41) is 15.2. The summed E-state index contributed by atoms with van der Waals surface area (Å²) >= 11 is 0. The zero-order chi connectivity index (χ0) is 16.7. The quantitative estimate of drug-likeness (QED) is 0.903. The second-order valence-corrected chi connectivity index (χ2v) is 7.46. The van der Waals surface area contributed by atoms with Gasteiger partial charge in [-0.2, -0.15) is 10.2 Å². The fraction of sp³-hybridized carbons (Fsp3) is 0.667. The van der Waals surface area contributed by atoms with Gasteiger partial charge in [0.2, 0.25) is 5.88 Å². The van der Waals surface area contributed by atoms with Crippen LogP contribution in [0.1, 0.15) is 67.2 Å². The molecular weight excluding hydrogens is 304 g/mol. The van der Waals surface area contributed by atoms with E-state index in [1.165, 1.54) is 16.8 Å². The highest BCUT2D eigenvalue weighted by Crippen LogP contribution is 2.36. The molecule has 2 N–H and O–H groups in total. The van der Waals surface area contributed by atoms with Gasteiger partial charge in [-0.1, -0.05) is 20.8 Å². The molecule has 0 spiro atoms. The van der Waals surface area contributed by atoms with Crippen molar-refractivity contribution >= 4 is 0 Å². The van der Waals surface area contributed by atoms with Crippen molar-refractivity contribution in [2.24, 2.45) is 5.92 Å². The maximum Gasteiger partial charge on any atom is 0.212 e. The Morgan fingerprint density at radius 2 is 1.96 bits per heavy atom. The van der Waals surface area contributed by atoms with Gasteiger partial charge in [0.05, 0.1) is 36.9 Å². The van der Waals surface area contributed by atoms with Gasteiger partial charge in [-0.3, -0.25) is 5.10 Å². The number of hydrogen-bond acceptors (Lipinski definition) is 4. The molecule has 2 unspecified atom stereocenters. The smallest absolute Gasteiger partial charge is 0.212 e. The Hall–Kier alpha value is -1.82. The van der Waals surface area contributed by atoms with Crippen molar-refractivity contribution in [2.45, 2.75) is 58.5 Å². The van der Waals surface area contributed by atoms with Gasteiger partial charge in [0.1, 0.15) is 0 Å². The average molecular weight is 330 g/mol. The molecule has 2 aromatic rings. The molecule has 2 aliphatic rings. The zero-order valence-corrected chi connectivity index (χ0v) is 14.7. The Morgan fingerprint density at radius 1 is 1.12 bits per heavy atom. The largest absolute Gasteiger partial charge is 0.477 e. The van der Waals surface area contributed by atoms with Crippen LogP contribution in [0.3, 0.4) is 0 Å². The first kappa shape index (κ1) is 15.7. The number of rotatable bonds is 4. The van der Waals surface area contributed by atoms with Crippen molar-refractivity contribution in [1.82, 2.24) is 20.4 Å². The van der Waals surface area contributed by atoms with E-state index in [0.717, 1.165) is 49.7 Å². The highest BCUT2D eigenvalue weighted by Gasteiger charge is 2.29. The Bertz CT molecular complexity index is 719. The van der Waals surface area contributed by atoms with Crippen LogP contribution in [0.2, 0.25) is 0 Å². The molecule has 0 fully saturated rings. The van der Waals surface area contributed by atoms with Crippen LogP contribution in [0.4, 0.5) is 0 Å². The van der Waals surface area contributed by atoms with E-state index in [1.807, 2.05) is 0 Å². The Kier molecular flexibility index (Phi) is 4.08. The molecular formula is C18H26N4O2. The topological polar surface area (TPSA) is 75.8 Å². The van der Waals surface area contributed by atoms with Crippen molar-refractivity contribution in [1.29, 1.82) is 0 Å². The van der Waals surface area contributed by atoms with Gasteiger partial charge in [-0.25, -0.2) is 5.10 Å². The molecule has 0 aliphatic carbocycles. The Morgan fingerprint density at radius 3 is 2.79 bits per heavy atom. The number of aromatic nitrogens is 4. The van der Waals surface area contributed by atoms with Crippen LogP contribution in [0, 0.1) is 5.92 Å². The standard InChI is InChI=1S/C18H26N4O2/c1-10(2)16-14-7-12(8-24-18(14)22-20-16)6-11(3)17-13-4-5-23-9-15(13)19-21-17/h10-12H,4-9H2,1-3H3,(H,19,21)(H,20,22). The molecule has 2 aromatic heterocycles. The van der Waals surface area contributed by atoms with Crippen LogP contribution in [0.5, 0.6) is 5.88 Å². The van der Waals surface area contributed by atoms with Gasteiger partial charge in [0.15, 0.2) is 0 Å². The molecule has 4 rings (SSSR count). The molecule has 0 saturated carbocycles. The van der Waals surface area contributed by atoms with Crippen LogP contribution in [-0.4, -0.2) is 33.6 Å². The van der Waals surface area contributed by atoms with E-state index in [9.17, 15) is 0 Å². The number of aromatic amines is 2. The Labute approximate surface area is 142 Å². The van der Waals surface area contributed by atoms with Crippen LogP contribution < -0.4 is 4.74 Å². The summed E-state index contributed by atoms with van der Waals surface area (Å²) in [5.41, 5.74) is 6.16. The highest BCUT2D eigenvalue weighted by molar-refractivity contribution is 5.35. The summed E-state index contributed by atoms with van der Waals surface area (Å²) in [6.45, 7) is 8.86. The molecule has 6 nitrogen and oxygen atoms in total. The zero-order valence-electron chi connectivity index (χ0n) is 14.7. The Balaban J connectivity index is 1.48. The highest BCUT2D eigenvalue weighted by atomic mass is 16.5. The normalized spacial score (nSPS) is 21.2. The van der Waals surface area contributed by atoms with Gasteiger partial charge >= 0.3 is 0 Å². The van der Waals surface area contributed by atoms with Crippen LogP contribution in [-0.2, 0) is 24.2 Å². The minimum Gasteiger partial charge on any atom is -0.477 e. The summed E-state index contributed by atoms with van der Waals surface area (Å²) < 4.78 is 11.4. The lowest BCUT2D eigenvalue weighted by atomic mass is 9.85.